The predicted octanol–water partition coefficient (Wildman–Crippen LogP) is 4.73. The van der Waals surface area contributed by atoms with Crippen LogP contribution in [-0.2, 0) is 6.54 Å². The maximum atomic E-state index is 5.95. The normalized spacial score (nSPS) is 25.8. The van der Waals surface area contributed by atoms with E-state index < -0.39 is 0 Å². The maximum absolute atomic E-state index is 5.95. The lowest BCUT2D eigenvalue weighted by Crippen LogP contribution is -2.43. The Bertz CT molecular complexity index is 646. The Morgan fingerprint density at radius 1 is 1.32 bits per heavy atom. The van der Waals surface area contributed by atoms with Crippen LogP contribution in [0.3, 0.4) is 0 Å². The fraction of sp³-hybridized carbons (Fsp3) is 0.500. The molecule has 1 atom stereocenters. The Hall–Kier alpha value is -1.39. The van der Waals surface area contributed by atoms with E-state index in [0.717, 1.165) is 23.1 Å². The molecule has 0 radical (unpaired) electrons. The van der Waals surface area contributed by atoms with Crippen LogP contribution >= 0.6 is 11.3 Å². The Labute approximate surface area is 135 Å². The van der Waals surface area contributed by atoms with E-state index in [4.69, 9.17) is 4.42 Å². The van der Waals surface area contributed by atoms with Gasteiger partial charge in [-0.05, 0) is 55.5 Å². The summed E-state index contributed by atoms with van der Waals surface area (Å²) in [5.74, 6) is 1.75. The van der Waals surface area contributed by atoms with Crippen molar-refractivity contribution in [3.05, 3.63) is 41.8 Å². The predicted molar refractivity (Wildman–Crippen MR) is 89.8 cm³/mol. The van der Waals surface area contributed by atoms with Gasteiger partial charge < -0.3 is 4.42 Å². The fourth-order valence-electron chi connectivity index (χ4n) is 3.87. The van der Waals surface area contributed by atoms with Gasteiger partial charge in [0.05, 0.1) is 17.6 Å². The van der Waals surface area contributed by atoms with Crippen molar-refractivity contribution in [1.82, 2.24) is 9.88 Å². The van der Waals surface area contributed by atoms with E-state index >= 15 is 0 Å². The summed E-state index contributed by atoms with van der Waals surface area (Å²) in [6.07, 6.45) is 13.1. The summed E-state index contributed by atoms with van der Waals surface area (Å²) in [5, 5.41) is 2.07. The van der Waals surface area contributed by atoms with Crippen LogP contribution in [-0.4, -0.2) is 23.0 Å². The molecule has 0 unspecified atom stereocenters. The van der Waals surface area contributed by atoms with Crippen LogP contribution in [0.1, 0.15) is 38.0 Å². The van der Waals surface area contributed by atoms with Crippen molar-refractivity contribution in [1.29, 1.82) is 0 Å². The zero-order valence-electron chi connectivity index (χ0n) is 12.8. The second kappa shape index (κ2) is 6.01. The van der Waals surface area contributed by atoms with Gasteiger partial charge in [-0.3, -0.25) is 4.90 Å². The van der Waals surface area contributed by atoms with Gasteiger partial charge in [-0.25, -0.2) is 4.98 Å². The quantitative estimate of drug-likeness (QED) is 0.767. The van der Waals surface area contributed by atoms with Gasteiger partial charge >= 0.3 is 0 Å². The van der Waals surface area contributed by atoms with Crippen molar-refractivity contribution >= 4 is 11.3 Å². The highest BCUT2D eigenvalue weighted by Gasteiger charge is 2.35. The summed E-state index contributed by atoms with van der Waals surface area (Å²) in [6, 6.07) is 4.13. The second-order valence-corrected chi connectivity index (χ2v) is 7.57. The standard InChI is InChI=1S/C18H22N2OS/c1-2-7-18(8-3-1)9-5-10-20(14-18)13-17-19-12-15(21-17)16-6-4-11-22-16/h1-2,4,6,11-12H,3,5,7-10,13-14H2/t18-/m1/s1. The number of thiophene rings is 1. The lowest BCUT2D eigenvalue weighted by molar-refractivity contribution is 0.0683. The number of likely N-dealkylation sites (tertiary alicyclic amines) is 1. The van der Waals surface area contributed by atoms with Gasteiger partial charge in [0, 0.05) is 6.54 Å². The Kier molecular flexibility index (Phi) is 3.89. The average molecular weight is 314 g/mol. The molecule has 1 aliphatic carbocycles. The van der Waals surface area contributed by atoms with E-state index in [1.807, 2.05) is 12.3 Å². The summed E-state index contributed by atoms with van der Waals surface area (Å²) in [6.45, 7) is 3.20. The van der Waals surface area contributed by atoms with Crippen LogP contribution in [0.5, 0.6) is 0 Å². The van der Waals surface area contributed by atoms with Crippen molar-refractivity contribution in [2.45, 2.75) is 38.6 Å². The van der Waals surface area contributed by atoms with Gasteiger partial charge in [0.2, 0.25) is 5.89 Å². The van der Waals surface area contributed by atoms with E-state index in [2.05, 4.69) is 33.5 Å². The molecular weight excluding hydrogens is 292 g/mol. The number of nitrogens with zero attached hydrogens (tertiary/aromatic N) is 2. The molecule has 1 spiro atoms. The highest BCUT2D eigenvalue weighted by atomic mass is 32.1. The van der Waals surface area contributed by atoms with E-state index in [0.29, 0.717) is 5.41 Å². The molecule has 22 heavy (non-hydrogen) atoms. The summed E-state index contributed by atoms with van der Waals surface area (Å²) in [5.41, 5.74) is 0.510. The molecule has 1 aliphatic heterocycles. The van der Waals surface area contributed by atoms with Crippen molar-refractivity contribution in [2.75, 3.05) is 13.1 Å². The zero-order valence-corrected chi connectivity index (χ0v) is 13.6. The highest BCUT2D eigenvalue weighted by molar-refractivity contribution is 7.13. The van der Waals surface area contributed by atoms with Gasteiger partial charge in [-0.2, -0.15) is 0 Å². The van der Waals surface area contributed by atoms with Gasteiger partial charge in [0.15, 0.2) is 5.76 Å². The molecule has 0 saturated carbocycles. The smallest absolute Gasteiger partial charge is 0.209 e. The molecule has 0 aromatic carbocycles. The van der Waals surface area contributed by atoms with E-state index in [-0.39, 0.29) is 0 Å². The number of hydrogen-bond donors (Lipinski definition) is 0. The number of oxazole rings is 1. The minimum atomic E-state index is 0.510. The molecule has 0 amide bonds. The van der Waals surface area contributed by atoms with Crippen molar-refractivity contribution < 1.29 is 4.42 Å². The molecule has 2 aromatic rings. The Morgan fingerprint density at radius 3 is 3.14 bits per heavy atom. The molecule has 3 nitrogen and oxygen atoms in total. The van der Waals surface area contributed by atoms with Crippen molar-refractivity contribution in [2.24, 2.45) is 5.41 Å². The van der Waals surface area contributed by atoms with Gasteiger partial charge in [0.1, 0.15) is 0 Å². The summed E-state index contributed by atoms with van der Waals surface area (Å²) in [4.78, 5) is 8.18. The highest BCUT2D eigenvalue weighted by Crippen LogP contribution is 2.41. The van der Waals surface area contributed by atoms with Crippen LogP contribution < -0.4 is 0 Å². The third-order valence-corrected chi connectivity index (χ3v) is 5.86. The maximum Gasteiger partial charge on any atom is 0.209 e. The molecule has 116 valence electrons. The lowest BCUT2D eigenvalue weighted by Gasteiger charge is -2.43. The molecule has 4 rings (SSSR count). The second-order valence-electron chi connectivity index (χ2n) is 6.62. The summed E-state index contributed by atoms with van der Waals surface area (Å²) >= 11 is 1.70. The summed E-state index contributed by atoms with van der Waals surface area (Å²) in [7, 11) is 0. The number of rotatable bonds is 3. The Balaban J connectivity index is 1.44. The first-order valence-corrected chi connectivity index (χ1v) is 9.07. The van der Waals surface area contributed by atoms with Crippen LogP contribution in [0, 0.1) is 5.41 Å². The minimum absolute atomic E-state index is 0.510. The summed E-state index contributed by atoms with van der Waals surface area (Å²) < 4.78 is 5.95. The van der Waals surface area contributed by atoms with Crippen LogP contribution in [0.4, 0.5) is 0 Å². The van der Waals surface area contributed by atoms with Gasteiger partial charge in [-0.1, -0.05) is 18.2 Å². The zero-order chi connectivity index (χ0) is 14.8. The molecule has 3 heterocycles. The molecule has 2 aromatic heterocycles. The van der Waals surface area contributed by atoms with Crippen LogP contribution in [0.2, 0.25) is 0 Å². The molecule has 0 bridgehead atoms. The van der Waals surface area contributed by atoms with E-state index in [9.17, 15) is 0 Å². The molecule has 0 N–H and O–H groups in total. The largest absolute Gasteiger partial charge is 0.438 e. The minimum Gasteiger partial charge on any atom is -0.438 e. The first-order valence-electron chi connectivity index (χ1n) is 8.19. The third-order valence-electron chi connectivity index (χ3n) is 4.98. The Morgan fingerprint density at radius 2 is 2.32 bits per heavy atom. The SMILES string of the molecule is C1=CC[C@@]2(CC1)CCCN(Cc1ncc(-c3cccs3)o1)C2. The first kappa shape index (κ1) is 14.2. The number of hydrogen-bond acceptors (Lipinski definition) is 4. The lowest BCUT2D eigenvalue weighted by atomic mass is 9.71. The molecule has 1 fully saturated rings. The van der Waals surface area contributed by atoms with E-state index in [1.54, 1.807) is 11.3 Å². The number of piperidine rings is 1. The monoisotopic (exact) mass is 314 g/mol. The van der Waals surface area contributed by atoms with Crippen LogP contribution in [0.25, 0.3) is 10.6 Å². The molecule has 2 aliphatic rings. The van der Waals surface area contributed by atoms with Crippen molar-refractivity contribution in [3.8, 4) is 10.6 Å². The van der Waals surface area contributed by atoms with Gasteiger partial charge in [-0.15, -0.1) is 11.3 Å². The average Bonchev–Trinajstić information content (AvgIpc) is 3.19. The topological polar surface area (TPSA) is 29.3 Å². The number of aromatic nitrogens is 1. The first-order chi connectivity index (χ1) is 10.8. The molecule has 1 saturated heterocycles. The van der Waals surface area contributed by atoms with Crippen molar-refractivity contribution in [3.63, 3.8) is 0 Å². The third kappa shape index (κ3) is 2.90. The molecule has 4 heteroatoms. The number of allylic oxidation sites excluding steroid dienone is 2. The van der Waals surface area contributed by atoms with E-state index in [1.165, 1.54) is 45.2 Å². The van der Waals surface area contributed by atoms with Gasteiger partial charge in [0.25, 0.3) is 0 Å². The fourth-order valence-corrected chi connectivity index (χ4v) is 4.54. The van der Waals surface area contributed by atoms with Crippen LogP contribution in [0.15, 0.2) is 40.3 Å². The molecular formula is C18H22N2OS.